The summed E-state index contributed by atoms with van der Waals surface area (Å²) < 4.78 is 19.7. The molecule has 4 rings (SSSR count). The second kappa shape index (κ2) is 11.8. The number of piperidine rings is 1. The van der Waals surface area contributed by atoms with Crippen LogP contribution in [0.4, 0.5) is 4.39 Å². The first-order valence-electron chi connectivity index (χ1n) is 12.3. The lowest BCUT2D eigenvalue weighted by Crippen LogP contribution is -2.31. The highest BCUT2D eigenvalue weighted by atomic mass is 35.5. The second-order valence-corrected chi connectivity index (χ2v) is 9.72. The number of aromatic nitrogens is 2. The fourth-order valence-electron chi connectivity index (χ4n) is 4.38. The average molecular weight is 499 g/mol. The predicted octanol–water partition coefficient (Wildman–Crippen LogP) is 5.41. The summed E-state index contributed by atoms with van der Waals surface area (Å²) in [6, 6.07) is 9.99. The summed E-state index contributed by atoms with van der Waals surface area (Å²) in [6.07, 6.45) is 4.96. The second-order valence-electron chi connectivity index (χ2n) is 9.32. The van der Waals surface area contributed by atoms with Crippen LogP contribution in [0, 0.1) is 5.82 Å². The van der Waals surface area contributed by atoms with E-state index in [1.807, 2.05) is 32.0 Å². The molecule has 0 unspecified atom stereocenters. The number of nitrogens with one attached hydrogen (secondary N) is 1. The van der Waals surface area contributed by atoms with Crippen molar-refractivity contribution in [1.29, 1.82) is 0 Å². The lowest BCUT2D eigenvalue weighted by molar-refractivity contribution is -0.120. The number of benzene rings is 1. The minimum absolute atomic E-state index is 0.00778. The smallest absolute Gasteiger partial charge is 0.224 e. The highest BCUT2D eigenvalue weighted by molar-refractivity contribution is 6.31. The first-order chi connectivity index (χ1) is 16.9. The number of likely N-dealkylation sites (tertiary alicyclic amines) is 1. The minimum Gasteiger partial charge on any atom is -0.478 e. The van der Waals surface area contributed by atoms with Crippen LogP contribution < -0.4 is 10.1 Å². The summed E-state index contributed by atoms with van der Waals surface area (Å²) in [5.74, 6) is -0.0899. The van der Waals surface area contributed by atoms with Crippen molar-refractivity contribution in [3.63, 3.8) is 0 Å². The number of carbonyl (C=O) groups excluding carboxylic acids is 1. The van der Waals surface area contributed by atoms with Crippen LogP contribution in [0.1, 0.15) is 45.1 Å². The largest absolute Gasteiger partial charge is 0.478 e. The Kier molecular flexibility index (Phi) is 8.52. The van der Waals surface area contributed by atoms with Gasteiger partial charge in [-0.2, -0.15) is 0 Å². The van der Waals surface area contributed by atoms with E-state index in [9.17, 15) is 9.18 Å². The van der Waals surface area contributed by atoms with Gasteiger partial charge in [-0.3, -0.25) is 4.79 Å². The van der Waals surface area contributed by atoms with Gasteiger partial charge < -0.3 is 15.0 Å². The maximum Gasteiger partial charge on any atom is 0.224 e. The molecule has 3 heterocycles. The molecule has 1 amide bonds. The molecule has 186 valence electrons. The van der Waals surface area contributed by atoms with Crippen molar-refractivity contribution in [3.05, 3.63) is 52.8 Å². The molecular formula is C27H32ClFN4O2. The molecule has 0 saturated carbocycles. The van der Waals surface area contributed by atoms with Gasteiger partial charge in [-0.05, 0) is 82.1 Å². The van der Waals surface area contributed by atoms with E-state index in [0.717, 1.165) is 13.0 Å². The fourth-order valence-corrected chi connectivity index (χ4v) is 4.56. The molecule has 0 bridgehead atoms. The molecule has 1 saturated heterocycles. The molecule has 1 aromatic carbocycles. The number of fused-ring (bicyclic) bond motifs is 1. The van der Waals surface area contributed by atoms with Gasteiger partial charge in [0.05, 0.1) is 34.8 Å². The number of nitrogens with zero attached hydrogens (tertiary/aromatic N) is 3. The number of pyridine rings is 2. The van der Waals surface area contributed by atoms with Gasteiger partial charge in [-0.25, -0.2) is 14.4 Å². The molecule has 6 nitrogen and oxygen atoms in total. The zero-order chi connectivity index (χ0) is 24.8. The molecule has 0 aliphatic carbocycles. The summed E-state index contributed by atoms with van der Waals surface area (Å²) in [7, 11) is 0. The average Bonchev–Trinajstić information content (AvgIpc) is 2.83. The number of rotatable bonds is 9. The van der Waals surface area contributed by atoms with Crippen LogP contribution in [-0.2, 0) is 11.2 Å². The van der Waals surface area contributed by atoms with Gasteiger partial charge in [0, 0.05) is 24.2 Å². The van der Waals surface area contributed by atoms with Gasteiger partial charge in [-0.15, -0.1) is 0 Å². The Bertz CT molecular complexity index is 1180. The van der Waals surface area contributed by atoms with Gasteiger partial charge in [-0.1, -0.05) is 18.0 Å². The zero-order valence-corrected chi connectivity index (χ0v) is 21.1. The van der Waals surface area contributed by atoms with Crippen molar-refractivity contribution in [2.45, 2.75) is 52.0 Å². The van der Waals surface area contributed by atoms with Crippen LogP contribution in [0.15, 0.2) is 36.4 Å². The maximum atomic E-state index is 13.8. The molecule has 3 aromatic rings. The molecule has 8 heteroatoms. The van der Waals surface area contributed by atoms with Crippen molar-refractivity contribution < 1.29 is 13.9 Å². The van der Waals surface area contributed by atoms with Crippen LogP contribution in [0.2, 0.25) is 5.02 Å². The van der Waals surface area contributed by atoms with Crippen molar-refractivity contribution >= 4 is 28.5 Å². The van der Waals surface area contributed by atoms with Gasteiger partial charge >= 0.3 is 0 Å². The molecule has 0 atom stereocenters. The number of hydrogen-bond donors (Lipinski definition) is 1. The normalized spacial score (nSPS) is 14.4. The predicted molar refractivity (Wildman–Crippen MR) is 137 cm³/mol. The summed E-state index contributed by atoms with van der Waals surface area (Å²) in [5, 5.41) is 2.92. The molecule has 1 aliphatic heterocycles. The van der Waals surface area contributed by atoms with Gasteiger partial charge in [0.15, 0.2) is 0 Å². The van der Waals surface area contributed by atoms with E-state index >= 15 is 0 Å². The quantitative estimate of drug-likeness (QED) is 0.399. The van der Waals surface area contributed by atoms with E-state index in [0.29, 0.717) is 40.3 Å². The number of amides is 1. The highest BCUT2D eigenvalue weighted by Gasteiger charge is 2.16. The Morgan fingerprint density at radius 1 is 1.11 bits per heavy atom. The van der Waals surface area contributed by atoms with Crippen molar-refractivity contribution in [3.8, 4) is 17.1 Å². The monoisotopic (exact) mass is 498 g/mol. The van der Waals surface area contributed by atoms with Crippen molar-refractivity contribution in [2.24, 2.45) is 0 Å². The third kappa shape index (κ3) is 6.89. The highest BCUT2D eigenvalue weighted by Crippen LogP contribution is 2.29. The standard InChI is InChI=1S/C27H32ClFN4O2/c1-18(2)30-25(34)17-20-16-24-23(32-27(20)19-7-8-22(29)21(28)15-19)9-10-26(31-24)35-14-6-13-33-11-4-3-5-12-33/h7-10,15-16,18H,3-6,11-14,17H2,1-2H3,(H,30,34). The maximum absolute atomic E-state index is 13.8. The molecule has 1 fully saturated rings. The Morgan fingerprint density at radius 3 is 2.66 bits per heavy atom. The van der Waals surface area contributed by atoms with E-state index in [1.165, 1.54) is 44.5 Å². The van der Waals surface area contributed by atoms with Crippen LogP contribution >= 0.6 is 11.6 Å². The van der Waals surface area contributed by atoms with Crippen LogP contribution in [0.5, 0.6) is 5.88 Å². The van der Waals surface area contributed by atoms with E-state index < -0.39 is 5.82 Å². The van der Waals surface area contributed by atoms with E-state index in [1.54, 1.807) is 6.07 Å². The molecule has 0 spiro atoms. The van der Waals surface area contributed by atoms with Gasteiger partial charge in [0.2, 0.25) is 11.8 Å². The van der Waals surface area contributed by atoms with Crippen molar-refractivity contribution in [2.75, 3.05) is 26.2 Å². The SMILES string of the molecule is CC(C)NC(=O)Cc1cc2nc(OCCCN3CCCCC3)ccc2nc1-c1ccc(F)c(Cl)c1. The van der Waals surface area contributed by atoms with Crippen LogP contribution in [0.25, 0.3) is 22.3 Å². The van der Waals surface area contributed by atoms with E-state index in [2.05, 4.69) is 15.2 Å². The number of hydrogen-bond acceptors (Lipinski definition) is 5. The first kappa shape index (κ1) is 25.3. The summed E-state index contributed by atoms with van der Waals surface area (Å²) in [4.78, 5) is 24.4. The van der Waals surface area contributed by atoms with Crippen LogP contribution in [-0.4, -0.2) is 53.1 Å². The Balaban J connectivity index is 1.55. The third-order valence-corrected chi connectivity index (χ3v) is 6.32. The molecule has 1 aliphatic rings. The van der Waals surface area contributed by atoms with Gasteiger partial charge in [0.25, 0.3) is 0 Å². The number of halogens is 2. The first-order valence-corrected chi connectivity index (χ1v) is 12.7. The lowest BCUT2D eigenvalue weighted by atomic mass is 10.0. The molecular weight excluding hydrogens is 467 g/mol. The Hall–Kier alpha value is -2.77. The summed E-state index contributed by atoms with van der Waals surface area (Å²) in [5.41, 5.74) is 3.21. The molecule has 0 radical (unpaired) electrons. The fraction of sp³-hybridized carbons (Fsp3) is 0.444. The Labute approximate surface area is 210 Å². The molecule has 35 heavy (non-hydrogen) atoms. The molecule has 1 N–H and O–H groups in total. The van der Waals surface area contributed by atoms with Crippen LogP contribution in [0.3, 0.4) is 0 Å². The van der Waals surface area contributed by atoms with Crippen molar-refractivity contribution in [1.82, 2.24) is 20.2 Å². The summed E-state index contributed by atoms with van der Waals surface area (Å²) in [6.45, 7) is 7.80. The number of ether oxygens (including phenoxy) is 1. The summed E-state index contributed by atoms with van der Waals surface area (Å²) >= 11 is 6.03. The van der Waals surface area contributed by atoms with Gasteiger partial charge in [0.1, 0.15) is 5.82 Å². The Morgan fingerprint density at radius 2 is 1.91 bits per heavy atom. The topological polar surface area (TPSA) is 67.3 Å². The third-order valence-electron chi connectivity index (χ3n) is 6.04. The minimum atomic E-state index is -0.501. The zero-order valence-electron chi connectivity index (χ0n) is 20.3. The lowest BCUT2D eigenvalue weighted by Gasteiger charge is -2.26. The van der Waals surface area contributed by atoms with E-state index in [-0.39, 0.29) is 23.4 Å². The molecule has 2 aromatic heterocycles. The van der Waals surface area contributed by atoms with E-state index in [4.69, 9.17) is 21.3 Å². The number of carbonyl (C=O) groups is 1.